The van der Waals surface area contributed by atoms with Crippen LogP contribution < -0.4 is 0 Å². The van der Waals surface area contributed by atoms with Gasteiger partial charge in [-0.3, -0.25) is 0 Å². The molecule has 1 aromatic carbocycles. The van der Waals surface area contributed by atoms with Crippen LogP contribution in [0.5, 0.6) is 0 Å². The van der Waals surface area contributed by atoms with Gasteiger partial charge >= 0.3 is 5.97 Å². The van der Waals surface area contributed by atoms with Crippen LogP contribution in [-0.2, 0) is 19.4 Å². The summed E-state index contributed by atoms with van der Waals surface area (Å²) in [5, 5.41) is 8.97. The average molecular weight is 414 g/mol. The minimum Gasteiger partial charge on any atom is -0.477 e. The highest BCUT2D eigenvalue weighted by Gasteiger charge is 2.15. The fourth-order valence-electron chi connectivity index (χ4n) is 3.58. The molecule has 0 amide bonds. The van der Waals surface area contributed by atoms with Crippen molar-refractivity contribution in [2.75, 3.05) is 0 Å². The van der Waals surface area contributed by atoms with Crippen LogP contribution in [0.3, 0.4) is 0 Å². The van der Waals surface area contributed by atoms with Crippen molar-refractivity contribution in [3.05, 3.63) is 69.8 Å². The van der Waals surface area contributed by atoms with Gasteiger partial charge in [0.05, 0.1) is 0 Å². The molecule has 0 saturated heterocycles. The van der Waals surface area contributed by atoms with Gasteiger partial charge in [0.25, 0.3) is 0 Å². The lowest BCUT2D eigenvalue weighted by atomic mass is 10.0. The van der Waals surface area contributed by atoms with E-state index in [0.29, 0.717) is 6.42 Å². The predicted octanol–water partition coefficient (Wildman–Crippen LogP) is 6.81. The van der Waals surface area contributed by atoms with Crippen LogP contribution in [0.15, 0.2) is 48.7 Å². The quantitative estimate of drug-likeness (QED) is 0.351. The number of unbranched alkanes of at least 4 members (excludes halogenated alkanes) is 3. The van der Waals surface area contributed by atoms with Gasteiger partial charge in [0, 0.05) is 23.3 Å². The summed E-state index contributed by atoms with van der Waals surface area (Å²) in [6, 6.07) is 14.3. The first-order chi connectivity index (χ1) is 14.1. The highest BCUT2D eigenvalue weighted by atomic mass is 32.1. The topological polar surface area (TPSA) is 42.2 Å². The Balaban J connectivity index is 1.56. The van der Waals surface area contributed by atoms with Gasteiger partial charge in [-0.25, -0.2) is 9.18 Å². The van der Waals surface area contributed by atoms with E-state index in [1.807, 2.05) is 6.07 Å². The van der Waals surface area contributed by atoms with Crippen LogP contribution in [-0.4, -0.2) is 15.6 Å². The number of aromatic carboxylic acids is 1. The van der Waals surface area contributed by atoms with Crippen molar-refractivity contribution in [2.24, 2.45) is 0 Å². The molecule has 0 atom stereocenters. The maximum atomic E-state index is 13.6. The van der Waals surface area contributed by atoms with E-state index in [4.69, 9.17) is 5.11 Å². The molecule has 3 nitrogen and oxygen atoms in total. The van der Waals surface area contributed by atoms with Crippen molar-refractivity contribution < 1.29 is 14.3 Å². The normalized spacial score (nSPS) is 11.1. The molecule has 0 bridgehead atoms. The average Bonchev–Trinajstić information content (AvgIpc) is 3.32. The minimum absolute atomic E-state index is 0.198. The third-order valence-electron chi connectivity index (χ3n) is 5.15. The van der Waals surface area contributed by atoms with Gasteiger partial charge in [-0.2, -0.15) is 0 Å². The molecule has 2 aromatic heterocycles. The van der Waals surface area contributed by atoms with E-state index in [-0.39, 0.29) is 4.88 Å². The molecule has 1 N–H and O–H groups in total. The highest BCUT2D eigenvalue weighted by molar-refractivity contribution is 7.13. The van der Waals surface area contributed by atoms with Crippen molar-refractivity contribution >= 4 is 17.3 Å². The summed E-state index contributed by atoms with van der Waals surface area (Å²) in [5.74, 6) is -1.82. The first-order valence-corrected chi connectivity index (χ1v) is 11.2. The number of carbonyl (C=O) groups is 1. The summed E-state index contributed by atoms with van der Waals surface area (Å²) in [5.41, 5.74) is 3.76. The van der Waals surface area contributed by atoms with Crippen molar-refractivity contribution in [1.82, 2.24) is 4.57 Å². The number of aromatic nitrogens is 1. The lowest BCUT2D eigenvalue weighted by Gasteiger charge is -2.10. The molecule has 29 heavy (non-hydrogen) atoms. The van der Waals surface area contributed by atoms with E-state index in [1.165, 1.54) is 48.6 Å². The summed E-state index contributed by atoms with van der Waals surface area (Å²) < 4.78 is 15.8. The van der Waals surface area contributed by atoms with Crippen LogP contribution >= 0.6 is 11.3 Å². The monoisotopic (exact) mass is 413 g/mol. The first-order valence-electron chi connectivity index (χ1n) is 10.3. The number of benzene rings is 1. The molecule has 0 aliphatic rings. The van der Waals surface area contributed by atoms with Crippen molar-refractivity contribution in [3.8, 4) is 11.3 Å². The van der Waals surface area contributed by atoms with Crippen molar-refractivity contribution in [3.63, 3.8) is 0 Å². The fourth-order valence-corrected chi connectivity index (χ4v) is 4.49. The Kier molecular flexibility index (Phi) is 7.64. The lowest BCUT2D eigenvalue weighted by Crippen LogP contribution is -2.00. The molecule has 154 valence electrons. The maximum absolute atomic E-state index is 13.6. The Morgan fingerprint density at radius 3 is 2.55 bits per heavy atom. The molecule has 5 heteroatoms. The first kappa shape index (κ1) is 21.3. The van der Waals surface area contributed by atoms with Gasteiger partial charge in [-0.05, 0) is 55.0 Å². The summed E-state index contributed by atoms with van der Waals surface area (Å²) >= 11 is 1.03. The Bertz CT molecular complexity index is 927. The fraction of sp³-hybridized carbons (Fsp3) is 0.375. The van der Waals surface area contributed by atoms with Gasteiger partial charge in [0.1, 0.15) is 10.7 Å². The zero-order chi connectivity index (χ0) is 20.6. The van der Waals surface area contributed by atoms with Gasteiger partial charge in [0.15, 0.2) is 0 Å². The number of halogens is 1. The molecule has 3 aromatic rings. The van der Waals surface area contributed by atoms with Crippen LogP contribution in [0.25, 0.3) is 11.3 Å². The van der Waals surface area contributed by atoms with E-state index in [0.717, 1.165) is 35.6 Å². The zero-order valence-corrected chi connectivity index (χ0v) is 17.7. The van der Waals surface area contributed by atoms with Crippen molar-refractivity contribution in [2.45, 2.75) is 58.4 Å². The Morgan fingerprint density at radius 2 is 1.86 bits per heavy atom. The third kappa shape index (κ3) is 5.80. The molecule has 0 saturated carbocycles. The minimum atomic E-state index is -1.19. The van der Waals surface area contributed by atoms with Gasteiger partial charge in [-0.15, -0.1) is 11.3 Å². The van der Waals surface area contributed by atoms with E-state index in [9.17, 15) is 9.18 Å². The molecular weight excluding hydrogens is 385 g/mol. The summed E-state index contributed by atoms with van der Waals surface area (Å²) in [6.45, 7) is 3.04. The summed E-state index contributed by atoms with van der Waals surface area (Å²) in [6.07, 6.45) is 9.81. The summed E-state index contributed by atoms with van der Waals surface area (Å²) in [4.78, 5) is 11.6. The molecule has 3 rings (SSSR count). The Morgan fingerprint density at radius 1 is 1.07 bits per heavy atom. The van der Waals surface area contributed by atoms with Crippen molar-refractivity contribution in [1.29, 1.82) is 0 Å². The zero-order valence-electron chi connectivity index (χ0n) is 16.9. The molecule has 0 spiro atoms. The SMILES string of the molecule is CCCCCCc1ccc(-c2cccn2CCCc2cc(F)c(C(=O)O)s2)cc1. The van der Waals surface area contributed by atoms with Gasteiger partial charge in [-0.1, -0.05) is 50.5 Å². The second-order valence-electron chi connectivity index (χ2n) is 7.39. The van der Waals surface area contributed by atoms with Crippen LogP contribution in [0.4, 0.5) is 4.39 Å². The molecule has 0 aliphatic carbocycles. The number of hydrogen-bond acceptors (Lipinski definition) is 2. The molecule has 0 aliphatic heterocycles. The second kappa shape index (κ2) is 10.4. The number of rotatable bonds is 11. The number of nitrogens with zero attached hydrogens (tertiary/aromatic N) is 1. The summed E-state index contributed by atoms with van der Waals surface area (Å²) in [7, 11) is 0. The maximum Gasteiger partial charge on any atom is 0.348 e. The number of aryl methyl sites for hydroxylation is 3. The Hall–Kier alpha value is -2.40. The number of hydrogen-bond donors (Lipinski definition) is 1. The van der Waals surface area contributed by atoms with Crippen LogP contribution in [0.2, 0.25) is 0 Å². The molecule has 0 fully saturated rings. The van der Waals surface area contributed by atoms with E-state index >= 15 is 0 Å². The Labute approximate surface area is 175 Å². The lowest BCUT2D eigenvalue weighted by molar-refractivity contribution is 0.0697. The van der Waals surface area contributed by atoms with E-state index in [1.54, 1.807) is 0 Å². The van der Waals surface area contributed by atoms with E-state index in [2.05, 4.69) is 48.0 Å². The molecular formula is C24H28FNO2S. The smallest absolute Gasteiger partial charge is 0.348 e. The molecule has 0 unspecified atom stereocenters. The second-order valence-corrected chi connectivity index (χ2v) is 8.53. The number of thiophene rings is 1. The highest BCUT2D eigenvalue weighted by Crippen LogP contribution is 2.24. The molecule has 0 radical (unpaired) electrons. The molecule has 2 heterocycles. The number of carboxylic acids is 1. The van der Waals surface area contributed by atoms with Gasteiger partial charge in [0.2, 0.25) is 0 Å². The predicted molar refractivity (Wildman–Crippen MR) is 117 cm³/mol. The van der Waals surface area contributed by atoms with Gasteiger partial charge < -0.3 is 9.67 Å². The third-order valence-corrected chi connectivity index (χ3v) is 6.31. The largest absolute Gasteiger partial charge is 0.477 e. The van der Waals surface area contributed by atoms with Crippen LogP contribution in [0.1, 0.15) is 59.1 Å². The number of carboxylic acid groups (broad SMARTS) is 1. The van der Waals surface area contributed by atoms with E-state index < -0.39 is 11.8 Å². The van der Waals surface area contributed by atoms with Crippen LogP contribution in [0, 0.1) is 5.82 Å². The standard InChI is InChI=1S/C24H28FNO2S/c1-2-3-4-5-8-18-11-13-19(14-12-18)22-10-7-16-26(22)15-6-9-20-17-21(25)23(29-20)24(27)28/h7,10-14,16-17H,2-6,8-9,15H2,1H3,(H,27,28).